The molecular formula is C25H25FN4O3. The van der Waals surface area contributed by atoms with E-state index in [0.717, 1.165) is 22.3 Å². The van der Waals surface area contributed by atoms with Crippen molar-refractivity contribution >= 4 is 16.7 Å². The summed E-state index contributed by atoms with van der Waals surface area (Å²) >= 11 is 0. The molecule has 0 aliphatic carbocycles. The molecule has 0 amide bonds. The van der Waals surface area contributed by atoms with Crippen LogP contribution < -0.4 is 19.5 Å². The van der Waals surface area contributed by atoms with Crippen molar-refractivity contribution < 1.29 is 18.6 Å². The lowest BCUT2D eigenvalue weighted by Crippen LogP contribution is -2.06. The third-order valence-corrected chi connectivity index (χ3v) is 5.61. The normalized spacial score (nSPS) is 10.8. The number of halogens is 1. The highest BCUT2D eigenvalue weighted by Crippen LogP contribution is 2.36. The molecule has 0 saturated heterocycles. The number of nitrogens with one attached hydrogen (secondary N) is 1. The fourth-order valence-electron chi connectivity index (χ4n) is 3.94. The van der Waals surface area contributed by atoms with Crippen molar-refractivity contribution in [1.29, 1.82) is 0 Å². The van der Waals surface area contributed by atoms with E-state index in [0.29, 0.717) is 46.2 Å². The monoisotopic (exact) mass is 448 g/mol. The molecule has 0 saturated carbocycles. The van der Waals surface area contributed by atoms with Gasteiger partial charge in [0.2, 0.25) is 5.95 Å². The second kappa shape index (κ2) is 9.28. The number of nitrogens with zero attached hydrogens (tertiary/aromatic N) is 3. The van der Waals surface area contributed by atoms with Crippen LogP contribution in [0.4, 0.5) is 10.2 Å². The van der Waals surface area contributed by atoms with Crippen LogP contribution in [0.3, 0.4) is 0 Å². The molecule has 2 aromatic heterocycles. The van der Waals surface area contributed by atoms with Crippen LogP contribution >= 0.6 is 0 Å². The van der Waals surface area contributed by atoms with Gasteiger partial charge in [-0.25, -0.2) is 15.0 Å². The molecule has 2 aromatic carbocycles. The van der Waals surface area contributed by atoms with Crippen molar-refractivity contribution in [2.45, 2.75) is 20.4 Å². The lowest BCUT2D eigenvalue weighted by atomic mass is 9.97. The van der Waals surface area contributed by atoms with E-state index in [1.807, 2.05) is 44.2 Å². The molecule has 0 atom stereocenters. The molecule has 33 heavy (non-hydrogen) atoms. The molecule has 2 heterocycles. The van der Waals surface area contributed by atoms with Gasteiger partial charge in [0.25, 0.3) is 0 Å². The van der Waals surface area contributed by atoms with E-state index in [1.54, 1.807) is 21.3 Å². The van der Waals surface area contributed by atoms with E-state index in [4.69, 9.17) is 14.2 Å². The first-order chi connectivity index (χ1) is 16.0. The fraction of sp³-hybridized carbons (Fsp3) is 0.240. The van der Waals surface area contributed by atoms with Gasteiger partial charge in [-0.2, -0.15) is 4.39 Å². The van der Waals surface area contributed by atoms with Gasteiger partial charge in [-0.15, -0.1) is 0 Å². The summed E-state index contributed by atoms with van der Waals surface area (Å²) in [4.78, 5) is 13.0. The predicted octanol–water partition coefficient (Wildman–Crippen LogP) is 5.09. The van der Waals surface area contributed by atoms with Crippen LogP contribution in [-0.4, -0.2) is 36.3 Å². The lowest BCUT2D eigenvalue weighted by Gasteiger charge is -2.16. The molecule has 0 bridgehead atoms. The molecule has 1 N–H and O–H groups in total. The number of pyridine rings is 1. The topological polar surface area (TPSA) is 78.4 Å². The van der Waals surface area contributed by atoms with Gasteiger partial charge in [0.05, 0.1) is 21.3 Å². The molecule has 0 spiro atoms. The van der Waals surface area contributed by atoms with Crippen molar-refractivity contribution in [2.24, 2.45) is 0 Å². The quantitative estimate of drug-likeness (QED) is 0.395. The molecular weight excluding hydrogens is 423 g/mol. The van der Waals surface area contributed by atoms with Crippen LogP contribution in [-0.2, 0) is 6.54 Å². The number of fused-ring (bicyclic) bond motifs is 1. The second-order valence-corrected chi connectivity index (χ2v) is 7.53. The zero-order valence-corrected chi connectivity index (χ0v) is 19.2. The van der Waals surface area contributed by atoms with Gasteiger partial charge in [0.1, 0.15) is 40.6 Å². The number of rotatable bonds is 7. The minimum Gasteiger partial charge on any atom is -0.497 e. The summed E-state index contributed by atoms with van der Waals surface area (Å²) in [5.41, 5.74) is 4.51. The number of aryl methyl sites for hydroxylation is 1. The summed E-state index contributed by atoms with van der Waals surface area (Å²) in [6.45, 7) is 4.29. The number of benzene rings is 2. The maximum absolute atomic E-state index is 14.7. The fourth-order valence-corrected chi connectivity index (χ4v) is 3.94. The molecule has 0 fully saturated rings. The summed E-state index contributed by atoms with van der Waals surface area (Å²) in [6, 6.07) is 10.7. The van der Waals surface area contributed by atoms with Gasteiger partial charge in [0.15, 0.2) is 0 Å². The van der Waals surface area contributed by atoms with E-state index in [9.17, 15) is 4.39 Å². The van der Waals surface area contributed by atoms with Gasteiger partial charge in [-0.3, -0.25) is 0 Å². The summed E-state index contributed by atoms with van der Waals surface area (Å²) in [6.07, 6.45) is 1.45. The standard InChI is InChI=1S/C25H25FN4O3/c1-14-6-9-19(32-4)15(2)22(14)24-23-18(11-21(26)30-24)25(29-13-28-23)27-12-16-7-8-17(31-3)10-20(16)33-5/h6-11,13H,12H2,1-5H3,(H,27,28,29). The van der Waals surface area contributed by atoms with Crippen LogP contribution in [0.2, 0.25) is 0 Å². The maximum atomic E-state index is 14.7. The van der Waals surface area contributed by atoms with E-state index >= 15 is 0 Å². The van der Waals surface area contributed by atoms with Gasteiger partial charge in [-0.05, 0) is 37.6 Å². The Bertz CT molecular complexity index is 1330. The average Bonchev–Trinajstić information content (AvgIpc) is 2.82. The first-order valence-corrected chi connectivity index (χ1v) is 10.4. The predicted molar refractivity (Wildman–Crippen MR) is 126 cm³/mol. The first kappa shape index (κ1) is 22.3. The van der Waals surface area contributed by atoms with Gasteiger partial charge >= 0.3 is 0 Å². The van der Waals surface area contributed by atoms with Crippen LogP contribution in [0.25, 0.3) is 22.2 Å². The Labute approximate surface area is 191 Å². The van der Waals surface area contributed by atoms with Crippen molar-refractivity contribution in [3.63, 3.8) is 0 Å². The van der Waals surface area contributed by atoms with Crippen molar-refractivity contribution in [3.8, 4) is 28.5 Å². The Hall–Kier alpha value is -3.94. The highest BCUT2D eigenvalue weighted by molar-refractivity contribution is 5.98. The Morgan fingerprint density at radius 3 is 2.42 bits per heavy atom. The SMILES string of the molecule is COc1ccc(CNc2ncnc3c(-c4c(C)ccc(OC)c4C)nc(F)cc23)c(OC)c1. The van der Waals surface area contributed by atoms with Crippen molar-refractivity contribution in [1.82, 2.24) is 15.0 Å². The van der Waals surface area contributed by atoms with E-state index in [2.05, 4.69) is 20.3 Å². The zero-order valence-electron chi connectivity index (χ0n) is 19.2. The van der Waals surface area contributed by atoms with Crippen molar-refractivity contribution in [3.05, 3.63) is 65.4 Å². The average molecular weight is 448 g/mol. The zero-order chi connectivity index (χ0) is 23.5. The molecule has 0 aliphatic heterocycles. The Morgan fingerprint density at radius 1 is 0.909 bits per heavy atom. The lowest BCUT2D eigenvalue weighted by molar-refractivity contribution is 0.391. The molecule has 0 aliphatic rings. The largest absolute Gasteiger partial charge is 0.497 e. The molecule has 7 nitrogen and oxygen atoms in total. The summed E-state index contributed by atoms with van der Waals surface area (Å²) in [7, 11) is 4.81. The Morgan fingerprint density at radius 2 is 1.70 bits per heavy atom. The molecule has 4 aromatic rings. The van der Waals surface area contributed by atoms with E-state index < -0.39 is 5.95 Å². The maximum Gasteiger partial charge on any atom is 0.214 e. The molecule has 0 unspecified atom stereocenters. The number of ether oxygens (including phenoxy) is 3. The van der Waals surface area contributed by atoms with Crippen LogP contribution in [0.1, 0.15) is 16.7 Å². The molecule has 8 heteroatoms. The number of methoxy groups -OCH3 is 3. The highest BCUT2D eigenvalue weighted by Gasteiger charge is 2.19. The highest BCUT2D eigenvalue weighted by atomic mass is 19.1. The molecule has 170 valence electrons. The first-order valence-electron chi connectivity index (χ1n) is 10.4. The van der Waals surface area contributed by atoms with Crippen LogP contribution in [0, 0.1) is 19.8 Å². The second-order valence-electron chi connectivity index (χ2n) is 7.53. The Kier molecular flexibility index (Phi) is 6.26. The van der Waals surface area contributed by atoms with Gasteiger partial charge in [0, 0.05) is 40.8 Å². The van der Waals surface area contributed by atoms with Crippen LogP contribution in [0.5, 0.6) is 17.2 Å². The third kappa shape index (κ3) is 4.24. The minimum atomic E-state index is -0.612. The summed E-state index contributed by atoms with van der Waals surface area (Å²) in [5, 5.41) is 3.82. The summed E-state index contributed by atoms with van der Waals surface area (Å²) in [5.74, 6) is 1.97. The van der Waals surface area contributed by atoms with E-state index in [-0.39, 0.29) is 0 Å². The van der Waals surface area contributed by atoms with Gasteiger partial charge in [-0.1, -0.05) is 6.07 Å². The Balaban J connectivity index is 1.79. The van der Waals surface area contributed by atoms with Crippen LogP contribution in [0.15, 0.2) is 42.7 Å². The summed E-state index contributed by atoms with van der Waals surface area (Å²) < 4.78 is 30.9. The number of anilines is 1. The minimum absolute atomic E-state index is 0.412. The smallest absolute Gasteiger partial charge is 0.214 e. The van der Waals surface area contributed by atoms with E-state index in [1.165, 1.54) is 12.4 Å². The molecule has 4 rings (SSSR count). The molecule has 0 radical (unpaired) electrons. The van der Waals surface area contributed by atoms with Gasteiger partial charge < -0.3 is 19.5 Å². The number of aromatic nitrogens is 3. The number of hydrogen-bond donors (Lipinski definition) is 1. The number of hydrogen-bond acceptors (Lipinski definition) is 7. The van der Waals surface area contributed by atoms with Crippen molar-refractivity contribution in [2.75, 3.05) is 26.6 Å². The third-order valence-electron chi connectivity index (χ3n) is 5.61.